The number of hydrogen-bond acceptors (Lipinski definition) is 4. The van der Waals surface area contributed by atoms with E-state index in [-0.39, 0.29) is 17.3 Å². The van der Waals surface area contributed by atoms with E-state index >= 15 is 0 Å². The summed E-state index contributed by atoms with van der Waals surface area (Å²) in [5.74, 6) is -1.60. The van der Waals surface area contributed by atoms with E-state index < -0.39 is 11.9 Å². The van der Waals surface area contributed by atoms with Gasteiger partial charge in [-0.25, -0.2) is 9.59 Å². The van der Waals surface area contributed by atoms with Crippen molar-refractivity contribution in [3.8, 4) is 0 Å². The van der Waals surface area contributed by atoms with Gasteiger partial charge in [-0.2, -0.15) is 0 Å². The lowest BCUT2D eigenvalue weighted by Gasteiger charge is -1.99. The van der Waals surface area contributed by atoms with Crippen LogP contribution in [0.25, 0.3) is 0 Å². The fraction of sp³-hybridized carbons (Fsp3) is 0.111. The molecule has 5 nitrogen and oxygen atoms in total. The first kappa shape index (κ1) is 12.1. The first-order valence-electron chi connectivity index (χ1n) is 3.57. The molecule has 0 aliphatic heterocycles. The van der Waals surface area contributed by atoms with E-state index in [2.05, 4.69) is 4.74 Å². The largest absolute Gasteiger partial charge is 0.478 e. The van der Waals surface area contributed by atoms with Gasteiger partial charge in [0.25, 0.3) is 0 Å². The van der Waals surface area contributed by atoms with Crippen LogP contribution in [-0.4, -0.2) is 24.2 Å². The molecule has 0 saturated carbocycles. The molecule has 0 aliphatic carbocycles. The highest BCUT2D eigenvalue weighted by molar-refractivity contribution is 5.94. The van der Waals surface area contributed by atoms with Crippen LogP contribution in [0.5, 0.6) is 0 Å². The number of carboxylic acids is 1. The predicted molar refractivity (Wildman–Crippen MR) is 49.8 cm³/mol. The van der Waals surface area contributed by atoms with Gasteiger partial charge in [0.05, 0.1) is 18.2 Å². The minimum Gasteiger partial charge on any atom is -0.478 e. The fourth-order valence-corrected chi connectivity index (χ4v) is 0.897. The normalized spacial score (nSPS) is 8.64. The van der Waals surface area contributed by atoms with E-state index in [0.29, 0.717) is 0 Å². The van der Waals surface area contributed by atoms with Crippen molar-refractivity contribution in [2.24, 2.45) is 0 Å². The summed E-state index contributed by atoms with van der Waals surface area (Å²) in [6.45, 7) is 0. The number of ether oxygens (including phenoxy) is 1. The number of carboxylic acid groups (broad SMARTS) is 1. The molecule has 0 bridgehead atoms. The SMILES string of the molecule is COC(=O)c1cccc(C(=O)O)c1.N. The molecule has 0 aliphatic rings. The molecule has 1 aromatic rings. The van der Waals surface area contributed by atoms with Crippen LogP contribution in [0.2, 0.25) is 0 Å². The molecular weight excluding hydrogens is 186 g/mol. The maximum atomic E-state index is 11.0. The third-order valence-electron chi connectivity index (χ3n) is 1.53. The van der Waals surface area contributed by atoms with Crippen molar-refractivity contribution in [1.29, 1.82) is 0 Å². The Bertz CT molecular complexity index is 348. The van der Waals surface area contributed by atoms with Crippen LogP contribution in [0.15, 0.2) is 24.3 Å². The van der Waals surface area contributed by atoms with Crippen molar-refractivity contribution >= 4 is 11.9 Å². The second-order valence-electron chi connectivity index (χ2n) is 2.38. The average Bonchev–Trinajstić information content (AvgIpc) is 2.17. The highest BCUT2D eigenvalue weighted by Crippen LogP contribution is 2.06. The van der Waals surface area contributed by atoms with E-state index in [1.54, 1.807) is 0 Å². The summed E-state index contributed by atoms with van der Waals surface area (Å²) in [5, 5.41) is 8.61. The minimum atomic E-state index is -1.06. The van der Waals surface area contributed by atoms with Crippen molar-refractivity contribution < 1.29 is 19.4 Å². The summed E-state index contributed by atoms with van der Waals surface area (Å²) < 4.78 is 4.44. The molecule has 76 valence electrons. The van der Waals surface area contributed by atoms with E-state index in [4.69, 9.17) is 5.11 Å². The van der Waals surface area contributed by atoms with Gasteiger partial charge in [0.2, 0.25) is 0 Å². The van der Waals surface area contributed by atoms with Crippen LogP contribution in [-0.2, 0) is 4.74 Å². The summed E-state index contributed by atoms with van der Waals surface area (Å²) in [4.78, 5) is 21.5. The summed E-state index contributed by atoms with van der Waals surface area (Å²) in [6, 6.07) is 5.68. The molecule has 0 fully saturated rings. The standard InChI is InChI=1S/C9H8O4.H3N/c1-13-9(12)7-4-2-3-6(5-7)8(10)11;/h2-5H,1H3,(H,10,11);1H3. The Morgan fingerprint density at radius 3 is 2.36 bits per heavy atom. The molecule has 1 aromatic carbocycles. The molecule has 0 aromatic heterocycles. The fourth-order valence-electron chi connectivity index (χ4n) is 0.897. The number of carbonyl (C=O) groups excluding carboxylic acids is 1. The molecule has 0 heterocycles. The Kier molecular flexibility index (Phi) is 4.31. The van der Waals surface area contributed by atoms with E-state index in [1.165, 1.54) is 31.4 Å². The van der Waals surface area contributed by atoms with Gasteiger partial charge in [-0.15, -0.1) is 0 Å². The van der Waals surface area contributed by atoms with Gasteiger partial charge in [0, 0.05) is 0 Å². The van der Waals surface area contributed by atoms with Crippen LogP contribution in [0, 0.1) is 0 Å². The summed E-state index contributed by atoms with van der Waals surface area (Å²) >= 11 is 0. The van der Waals surface area contributed by atoms with Crippen LogP contribution in [0.4, 0.5) is 0 Å². The van der Waals surface area contributed by atoms with Crippen molar-refractivity contribution in [3.63, 3.8) is 0 Å². The van der Waals surface area contributed by atoms with Gasteiger partial charge in [0.1, 0.15) is 0 Å². The second-order valence-corrected chi connectivity index (χ2v) is 2.38. The van der Waals surface area contributed by atoms with Crippen LogP contribution >= 0.6 is 0 Å². The number of methoxy groups -OCH3 is 1. The third kappa shape index (κ3) is 2.56. The van der Waals surface area contributed by atoms with Gasteiger partial charge in [0.15, 0.2) is 0 Å². The van der Waals surface area contributed by atoms with Crippen LogP contribution in [0.1, 0.15) is 20.7 Å². The number of aromatic carboxylic acids is 1. The Labute approximate surface area is 80.9 Å². The predicted octanol–water partition coefficient (Wildman–Crippen LogP) is 1.33. The van der Waals surface area contributed by atoms with Crippen molar-refractivity contribution in [1.82, 2.24) is 6.15 Å². The van der Waals surface area contributed by atoms with Gasteiger partial charge in [-0.1, -0.05) is 6.07 Å². The third-order valence-corrected chi connectivity index (χ3v) is 1.53. The van der Waals surface area contributed by atoms with Crippen molar-refractivity contribution in [2.75, 3.05) is 7.11 Å². The zero-order chi connectivity index (χ0) is 9.84. The van der Waals surface area contributed by atoms with Crippen LogP contribution < -0.4 is 6.15 Å². The van der Waals surface area contributed by atoms with Crippen molar-refractivity contribution in [2.45, 2.75) is 0 Å². The average molecular weight is 197 g/mol. The number of benzene rings is 1. The summed E-state index contributed by atoms with van der Waals surface area (Å²) in [5.41, 5.74) is 0.310. The Morgan fingerprint density at radius 2 is 1.86 bits per heavy atom. The maximum absolute atomic E-state index is 11.0. The second kappa shape index (κ2) is 4.98. The zero-order valence-corrected chi connectivity index (χ0v) is 7.69. The molecule has 14 heavy (non-hydrogen) atoms. The maximum Gasteiger partial charge on any atom is 0.337 e. The Hall–Kier alpha value is -1.88. The lowest BCUT2D eigenvalue weighted by molar-refractivity contribution is 0.0600. The molecule has 0 spiro atoms. The molecule has 0 atom stereocenters. The Morgan fingerprint density at radius 1 is 1.29 bits per heavy atom. The van der Waals surface area contributed by atoms with Gasteiger partial charge < -0.3 is 16.0 Å². The van der Waals surface area contributed by atoms with Crippen LogP contribution in [0.3, 0.4) is 0 Å². The minimum absolute atomic E-state index is 0. The van der Waals surface area contributed by atoms with Gasteiger partial charge in [-0.05, 0) is 18.2 Å². The highest BCUT2D eigenvalue weighted by atomic mass is 16.5. The lowest BCUT2D eigenvalue weighted by atomic mass is 10.1. The number of carbonyl (C=O) groups is 2. The number of esters is 1. The molecule has 1 rings (SSSR count). The van der Waals surface area contributed by atoms with E-state index in [9.17, 15) is 9.59 Å². The zero-order valence-electron chi connectivity index (χ0n) is 7.69. The molecule has 4 N–H and O–H groups in total. The molecule has 0 radical (unpaired) electrons. The quantitative estimate of drug-likeness (QED) is 0.697. The first-order chi connectivity index (χ1) is 6.15. The summed E-state index contributed by atoms with van der Waals surface area (Å²) in [6.07, 6.45) is 0. The molecule has 0 unspecified atom stereocenters. The van der Waals surface area contributed by atoms with Crippen molar-refractivity contribution in [3.05, 3.63) is 35.4 Å². The van der Waals surface area contributed by atoms with E-state index in [1.807, 2.05) is 0 Å². The molecule has 0 saturated heterocycles. The van der Waals surface area contributed by atoms with Gasteiger partial charge in [-0.3, -0.25) is 0 Å². The summed E-state index contributed by atoms with van der Waals surface area (Å²) in [7, 11) is 1.25. The lowest BCUT2D eigenvalue weighted by Crippen LogP contribution is -2.03. The first-order valence-corrected chi connectivity index (χ1v) is 3.57. The monoisotopic (exact) mass is 197 g/mol. The van der Waals surface area contributed by atoms with E-state index in [0.717, 1.165) is 0 Å². The smallest absolute Gasteiger partial charge is 0.337 e. The van der Waals surface area contributed by atoms with Gasteiger partial charge >= 0.3 is 11.9 Å². The molecular formula is C9H11NO4. The highest BCUT2D eigenvalue weighted by Gasteiger charge is 2.08. The topological polar surface area (TPSA) is 98.6 Å². The molecule has 5 heteroatoms. The number of hydrogen-bond donors (Lipinski definition) is 2. The molecule has 0 amide bonds. The Balaban J connectivity index is 0.00000169. The number of rotatable bonds is 2.